The van der Waals surface area contributed by atoms with Crippen molar-refractivity contribution in [3.63, 3.8) is 0 Å². The number of pyridine rings is 1. The average Bonchev–Trinajstić information content (AvgIpc) is 3.32. The van der Waals surface area contributed by atoms with E-state index in [-0.39, 0.29) is 12.3 Å². The SMILES string of the molecule is Cc1nc(-c2ccc(NC(=O)Cc3csc(-c4cccnc4)n3)cc2)cs1. The maximum Gasteiger partial charge on any atom is 0.230 e. The maximum atomic E-state index is 12.3. The fourth-order valence-corrected chi connectivity index (χ4v) is 4.03. The van der Waals surface area contributed by atoms with Crippen molar-refractivity contribution >= 4 is 34.3 Å². The fourth-order valence-electron chi connectivity index (χ4n) is 2.60. The number of carbonyl (C=O) groups excluding carboxylic acids is 1. The van der Waals surface area contributed by atoms with Gasteiger partial charge in [-0.25, -0.2) is 9.97 Å². The average molecular weight is 393 g/mol. The zero-order valence-corrected chi connectivity index (χ0v) is 16.2. The summed E-state index contributed by atoms with van der Waals surface area (Å²) in [7, 11) is 0. The van der Waals surface area contributed by atoms with Gasteiger partial charge in [-0.05, 0) is 31.2 Å². The lowest BCUT2D eigenvalue weighted by Gasteiger charge is -2.05. The lowest BCUT2D eigenvalue weighted by atomic mass is 10.1. The highest BCUT2D eigenvalue weighted by molar-refractivity contribution is 7.13. The molecular weight excluding hydrogens is 376 g/mol. The third-order valence-electron chi connectivity index (χ3n) is 3.89. The van der Waals surface area contributed by atoms with Crippen molar-refractivity contribution in [1.29, 1.82) is 0 Å². The van der Waals surface area contributed by atoms with Gasteiger partial charge in [-0.3, -0.25) is 9.78 Å². The smallest absolute Gasteiger partial charge is 0.230 e. The maximum absolute atomic E-state index is 12.3. The molecule has 1 amide bonds. The second-order valence-electron chi connectivity index (χ2n) is 5.94. The highest BCUT2D eigenvalue weighted by atomic mass is 32.1. The summed E-state index contributed by atoms with van der Waals surface area (Å²) in [6, 6.07) is 11.6. The monoisotopic (exact) mass is 392 g/mol. The van der Waals surface area contributed by atoms with E-state index in [0.717, 1.165) is 38.2 Å². The summed E-state index contributed by atoms with van der Waals surface area (Å²) in [5, 5.41) is 8.77. The van der Waals surface area contributed by atoms with Crippen LogP contribution >= 0.6 is 22.7 Å². The largest absolute Gasteiger partial charge is 0.326 e. The first-order chi connectivity index (χ1) is 13.2. The van der Waals surface area contributed by atoms with Crippen molar-refractivity contribution in [3.05, 3.63) is 70.3 Å². The standard InChI is InChI=1S/C20H16N4OS2/c1-13-22-18(12-26-13)14-4-6-16(7-5-14)23-19(25)9-17-11-27-20(24-17)15-3-2-8-21-10-15/h2-8,10-12H,9H2,1H3,(H,23,25). The van der Waals surface area contributed by atoms with Gasteiger partial charge in [-0.1, -0.05) is 12.1 Å². The molecule has 0 aliphatic carbocycles. The molecule has 0 atom stereocenters. The molecule has 0 unspecified atom stereocenters. The van der Waals surface area contributed by atoms with Crippen LogP contribution in [0.5, 0.6) is 0 Å². The Bertz CT molecular complexity index is 1060. The minimum Gasteiger partial charge on any atom is -0.326 e. The minimum absolute atomic E-state index is 0.0877. The molecule has 0 fully saturated rings. The van der Waals surface area contributed by atoms with Gasteiger partial charge in [0.1, 0.15) is 5.01 Å². The highest BCUT2D eigenvalue weighted by Gasteiger charge is 2.10. The second-order valence-corrected chi connectivity index (χ2v) is 7.86. The van der Waals surface area contributed by atoms with E-state index in [1.165, 1.54) is 11.3 Å². The van der Waals surface area contributed by atoms with Crippen molar-refractivity contribution in [2.75, 3.05) is 5.32 Å². The van der Waals surface area contributed by atoms with E-state index in [9.17, 15) is 4.79 Å². The Kier molecular flexibility index (Phi) is 5.04. The predicted octanol–water partition coefficient (Wildman–Crippen LogP) is 4.82. The number of aryl methyl sites for hydroxylation is 1. The van der Waals surface area contributed by atoms with Crippen LogP contribution in [0.3, 0.4) is 0 Å². The first kappa shape index (κ1) is 17.5. The minimum atomic E-state index is -0.0877. The first-order valence-electron chi connectivity index (χ1n) is 8.34. The van der Waals surface area contributed by atoms with Crippen LogP contribution in [0.25, 0.3) is 21.8 Å². The molecule has 1 N–H and O–H groups in total. The Labute approximate surface area is 164 Å². The Morgan fingerprint density at radius 1 is 1.04 bits per heavy atom. The molecule has 0 bridgehead atoms. The van der Waals surface area contributed by atoms with Crippen LogP contribution < -0.4 is 5.32 Å². The van der Waals surface area contributed by atoms with Crippen LogP contribution in [-0.2, 0) is 11.2 Å². The van der Waals surface area contributed by atoms with E-state index in [1.54, 1.807) is 23.7 Å². The fraction of sp³-hybridized carbons (Fsp3) is 0.100. The summed E-state index contributed by atoms with van der Waals surface area (Å²) in [4.78, 5) is 25.4. The van der Waals surface area contributed by atoms with Crippen LogP contribution in [0.2, 0.25) is 0 Å². The van der Waals surface area contributed by atoms with Gasteiger partial charge in [0.15, 0.2) is 0 Å². The Morgan fingerprint density at radius 3 is 2.59 bits per heavy atom. The molecule has 3 aromatic heterocycles. The van der Waals surface area contributed by atoms with Gasteiger partial charge < -0.3 is 5.32 Å². The van der Waals surface area contributed by atoms with Crippen molar-refractivity contribution in [2.45, 2.75) is 13.3 Å². The van der Waals surface area contributed by atoms with Gasteiger partial charge in [0, 0.05) is 40.0 Å². The summed E-state index contributed by atoms with van der Waals surface area (Å²) in [6.07, 6.45) is 3.74. The van der Waals surface area contributed by atoms with E-state index in [1.807, 2.05) is 54.1 Å². The molecule has 4 aromatic rings. The molecule has 0 saturated heterocycles. The number of thiazole rings is 2. The number of anilines is 1. The molecule has 0 saturated carbocycles. The molecule has 7 heteroatoms. The summed E-state index contributed by atoms with van der Waals surface area (Å²) < 4.78 is 0. The van der Waals surface area contributed by atoms with Gasteiger partial charge in [0.05, 0.1) is 22.8 Å². The van der Waals surface area contributed by atoms with Crippen molar-refractivity contribution in [3.8, 4) is 21.8 Å². The number of benzene rings is 1. The topological polar surface area (TPSA) is 67.8 Å². The first-order valence-corrected chi connectivity index (χ1v) is 10.1. The van der Waals surface area contributed by atoms with E-state index in [2.05, 4.69) is 20.3 Å². The number of aromatic nitrogens is 3. The highest BCUT2D eigenvalue weighted by Crippen LogP contribution is 2.24. The normalized spacial score (nSPS) is 10.7. The van der Waals surface area contributed by atoms with Gasteiger partial charge >= 0.3 is 0 Å². The number of amides is 1. The van der Waals surface area contributed by atoms with Crippen molar-refractivity contribution in [1.82, 2.24) is 15.0 Å². The number of nitrogens with one attached hydrogen (secondary N) is 1. The summed E-state index contributed by atoms with van der Waals surface area (Å²) in [6.45, 7) is 1.99. The molecule has 0 radical (unpaired) electrons. The molecule has 4 rings (SSSR count). The van der Waals surface area contributed by atoms with E-state index >= 15 is 0 Å². The zero-order chi connectivity index (χ0) is 18.6. The Balaban J connectivity index is 1.39. The molecule has 1 aromatic carbocycles. The molecule has 0 spiro atoms. The summed E-state index contributed by atoms with van der Waals surface area (Å²) >= 11 is 3.14. The third-order valence-corrected chi connectivity index (χ3v) is 5.60. The number of carbonyl (C=O) groups is 1. The quantitative estimate of drug-likeness (QED) is 0.529. The van der Waals surface area contributed by atoms with Crippen LogP contribution in [0, 0.1) is 6.92 Å². The second kappa shape index (κ2) is 7.77. The van der Waals surface area contributed by atoms with E-state index in [0.29, 0.717) is 0 Å². The molecule has 0 aliphatic heterocycles. The summed E-state index contributed by atoms with van der Waals surface area (Å²) in [5.74, 6) is -0.0877. The van der Waals surface area contributed by atoms with Gasteiger partial charge in [-0.2, -0.15) is 0 Å². The number of rotatable bonds is 5. The van der Waals surface area contributed by atoms with Gasteiger partial charge in [-0.15, -0.1) is 22.7 Å². The lowest BCUT2D eigenvalue weighted by Crippen LogP contribution is -2.14. The molecular formula is C20H16N4OS2. The molecule has 3 heterocycles. The number of nitrogens with zero attached hydrogens (tertiary/aromatic N) is 3. The van der Waals surface area contributed by atoms with Crippen molar-refractivity contribution in [2.24, 2.45) is 0 Å². The number of hydrogen-bond donors (Lipinski definition) is 1. The van der Waals surface area contributed by atoms with Crippen LogP contribution in [0.4, 0.5) is 5.69 Å². The Hall–Kier alpha value is -2.90. The molecule has 0 aliphatic rings. The van der Waals surface area contributed by atoms with Crippen LogP contribution in [0.1, 0.15) is 10.7 Å². The van der Waals surface area contributed by atoms with Crippen LogP contribution in [-0.4, -0.2) is 20.9 Å². The molecule has 134 valence electrons. The third kappa shape index (κ3) is 4.27. The molecule has 27 heavy (non-hydrogen) atoms. The van der Waals surface area contributed by atoms with Gasteiger partial charge in [0.2, 0.25) is 5.91 Å². The van der Waals surface area contributed by atoms with Crippen LogP contribution in [0.15, 0.2) is 59.6 Å². The van der Waals surface area contributed by atoms with E-state index in [4.69, 9.17) is 0 Å². The van der Waals surface area contributed by atoms with E-state index < -0.39 is 0 Å². The number of hydrogen-bond acceptors (Lipinski definition) is 6. The Morgan fingerprint density at radius 2 is 1.89 bits per heavy atom. The summed E-state index contributed by atoms with van der Waals surface area (Å²) in [5.41, 5.74) is 4.48. The zero-order valence-electron chi connectivity index (χ0n) is 14.5. The predicted molar refractivity (Wildman–Crippen MR) is 110 cm³/mol. The van der Waals surface area contributed by atoms with Gasteiger partial charge in [0.25, 0.3) is 0 Å². The van der Waals surface area contributed by atoms with Crippen molar-refractivity contribution < 1.29 is 4.79 Å². The lowest BCUT2D eigenvalue weighted by molar-refractivity contribution is -0.115. The molecule has 5 nitrogen and oxygen atoms in total.